The van der Waals surface area contributed by atoms with Crippen molar-refractivity contribution in [2.75, 3.05) is 18.6 Å². The van der Waals surface area contributed by atoms with Crippen molar-refractivity contribution < 1.29 is 23.1 Å². The first-order valence-electron chi connectivity index (χ1n) is 3.97. The largest absolute Gasteiger partial charge is 0.481 e. The summed E-state index contributed by atoms with van der Waals surface area (Å²) in [7, 11) is -3.08. The second kappa shape index (κ2) is 5.58. The van der Waals surface area contributed by atoms with Crippen LogP contribution in [0.1, 0.15) is 12.8 Å². The van der Waals surface area contributed by atoms with E-state index in [1.54, 1.807) is 0 Å². The molecule has 0 fully saturated rings. The molecule has 0 saturated carbocycles. The van der Waals surface area contributed by atoms with Crippen molar-refractivity contribution >= 4 is 21.7 Å². The molecule has 14 heavy (non-hydrogen) atoms. The molecule has 0 unspecified atom stereocenters. The van der Waals surface area contributed by atoms with Crippen LogP contribution < -0.4 is 5.32 Å². The summed E-state index contributed by atoms with van der Waals surface area (Å²) in [5.74, 6) is -1.63. The van der Waals surface area contributed by atoms with Gasteiger partial charge in [0.25, 0.3) is 0 Å². The zero-order valence-electron chi connectivity index (χ0n) is 7.82. The minimum absolute atomic E-state index is 0.0251. The van der Waals surface area contributed by atoms with Crippen molar-refractivity contribution in [2.24, 2.45) is 0 Å². The number of rotatable bonds is 6. The number of hydrogen-bond donors (Lipinski definition) is 2. The van der Waals surface area contributed by atoms with Crippen LogP contribution in [-0.2, 0) is 19.4 Å². The lowest BCUT2D eigenvalue weighted by Crippen LogP contribution is -2.28. The molecule has 0 spiro atoms. The van der Waals surface area contributed by atoms with Gasteiger partial charge in [-0.25, -0.2) is 8.42 Å². The zero-order valence-corrected chi connectivity index (χ0v) is 8.63. The van der Waals surface area contributed by atoms with Gasteiger partial charge in [0.2, 0.25) is 5.91 Å². The quantitative estimate of drug-likeness (QED) is 0.602. The van der Waals surface area contributed by atoms with Crippen molar-refractivity contribution in [3.63, 3.8) is 0 Å². The maximum atomic E-state index is 10.9. The molecule has 82 valence electrons. The highest BCUT2D eigenvalue weighted by Crippen LogP contribution is 1.88. The maximum Gasteiger partial charge on any atom is 0.303 e. The number of carbonyl (C=O) groups is 2. The first kappa shape index (κ1) is 12.9. The van der Waals surface area contributed by atoms with Crippen LogP contribution in [0.15, 0.2) is 0 Å². The lowest BCUT2D eigenvalue weighted by atomic mass is 10.3. The number of amides is 1. The fourth-order valence-corrected chi connectivity index (χ4v) is 1.16. The summed E-state index contributed by atoms with van der Waals surface area (Å²) in [5, 5.41) is 10.6. The molecule has 0 bridgehead atoms. The molecule has 0 aromatic carbocycles. The topological polar surface area (TPSA) is 101 Å². The molecule has 0 aromatic heterocycles. The van der Waals surface area contributed by atoms with E-state index in [4.69, 9.17) is 5.11 Å². The van der Waals surface area contributed by atoms with Gasteiger partial charge in [-0.05, 0) is 0 Å². The van der Waals surface area contributed by atoms with E-state index in [0.29, 0.717) is 0 Å². The third-order valence-corrected chi connectivity index (χ3v) is 2.31. The van der Waals surface area contributed by atoms with Crippen molar-refractivity contribution in [1.82, 2.24) is 5.32 Å². The summed E-state index contributed by atoms with van der Waals surface area (Å²) in [4.78, 5) is 20.9. The highest BCUT2D eigenvalue weighted by molar-refractivity contribution is 7.90. The highest BCUT2D eigenvalue weighted by atomic mass is 32.2. The third kappa shape index (κ3) is 8.98. The number of sulfone groups is 1. The van der Waals surface area contributed by atoms with E-state index in [-0.39, 0.29) is 25.1 Å². The Labute approximate surface area is 82.2 Å². The Bertz CT molecular complexity index is 308. The Morgan fingerprint density at radius 1 is 1.29 bits per heavy atom. The van der Waals surface area contributed by atoms with E-state index in [0.717, 1.165) is 6.26 Å². The standard InChI is InChI=1S/C7H13NO5S/c1-14(12,13)5-4-8-6(9)2-3-7(10)11/h2-5H2,1H3,(H,8,9)(H,10,11). The molecule has 2 N–H and O–H groups in total. The molecule has 0 aromatic rings. The van der Waals surface area contributed by atoms with Gasteiger partial charge in [0, 0.05) is 19.2 Å². The van der Waals surface area contributed by atoms with E-state index in [2.05, 4.69) is 5.32 Å². The average Bonchev–Trinajstić information content (AvgIpc) is 1.98. The number of carboxylic acids is 1. The normalized spacial score (nSPS) is 10.9. The van der Waals surface area contributed by atoms with E-state index in [1.165, 1.54) is 0 Å². The van der Waals surface area contributed by atoms with Crippen LogP contribution in [0.4, 0.5) is 0 Å². The second-order valence-electron chi connectivity index (χ2n) is 2.87. The van der Waals surface area contributed by atoms with Crippen molar-refractivity contribution in [2.45, 2.75) is 12.8 Å². The molecule has 0 saturated heterocycles. The third-order valence-electron chi connectivity index (χ3n) is 1.36. The Morgan fingerprint density at radius 2 is 1.86 bits per heavy atom. The number of nitrogens with one attached hydrogen (secondary N) is 1. The highest BCUT2D eigenvalue weighted by Gasteiger charge is 2.06. The zero-order chi connectivity index (χ0) is 11.2. The van der Waals surface area contributed by atoms with Gasteiger partial charge >= 0.3 is 5.97 Å². The van der Waals surface area contributed by atoms with Crippen LogP contribution in [0, 0.1) is 0 Å². The molecule has 0 rings (SSSR count). The van der Waals surface area contributed by atoms with Crippen molar-refractivity contribution in [3.8, 4) is 0 Å². The molecule has 0 radical (unpaired) electrons. The summed E-state index contributed by atoms with van der Waals surface area (Å²) in [6.45, 7) is 0.0251. The summed E-state index contributed by atoms with van der Waals surface area (Å²) >= 11 is 0. The monoisotopic (exact) mass is 223 g/mol. The van der Waals surface area contributed by atoms with Gasteiger partial charge in [0.05, 0.1) is 12.2 Å². The Morgan fingerprint density at radius 3 is 2.29 bits per heavy atom. The molecule has 6 nitrogen and oxygen atoms in total. The number of hydrogen-bond acceptors (Lipinski definition) is 4. The molecule has 0 heterocycles. The summed E-state index contributed by atoms with van der Waals surface area (Å²) in [6, 6.07) is 0. The van der Waals surface area contributed by atoms with Crippen LogP contribution in [0.25, 0.3) is 0 Å². The number of carboxylic acid groups (broad SMARTS) is 1. The van der Waals surface area contributed by atoms with E-state index in [1.807, 2.05) is 0 Å². The fourth-order valence-electron chi connectivity index (χ4n) is 0.685. The van der Waals surface area contributed by atoms with Gasteiger partial charge in [-0.3, -0.25) is 9.59 Å². The van der Waals surface area contributed by atoms with Gasteiger partial charge in [-0.1, -0.05) is 0 Å². The molecule has 7 heteroatoms. The second-order valence-corrected chi connectivity index (χ2v) is 5.13. The van der Waals surface area contributed by atoms with Gasteiger partial charge in [0.15, 0.2) is 0 Å². The minimum atomic E-state index is -3.08. The van der Waals surface area contributed by atoms with Crippen LogP contribution in [0.5, 0.6) is 0 Å². The molecule has 0 atom stereocenters. The molecular weight excluding hydrogens is 210 g/mol. The molecule has 0 aliphatic rings. The summed E-state index contributed by atoms with van der Waals surface area (Å²) < 4.78 is 21.3. The predicted molar refractivity (Wildman–Crippen MR) is 49.6 cm³/mol. The summed E-state index contributed by atoms with van der Waals surface area (Å²) in [6.07, 6.45) is 0.695. The first-order chi connectivity index (χ1) is 6.31. The predicted octanol–water partition coefficient (Wildman–Crippen LogP) is -0.988. The Kier molecular flexibility index (Phi) is 5.14. The minimum Gasteiger partial charge on any atom is -0.481 e. The van der Waals surface area contributed by atoms with Gasteiger partial charge in [-0.2, -0.15) is 0 Å². The van der Waals surface area contributed by atoms with E-state index < -0.39 is 21.7 Å². The smallest absolute Gasteiger partial charge is 0.303 e. The maximum absolute atomic E-state index is 10.9. The van der Waals surface area contributed by atoms with Gasteiger partial charge in [-0.15, -0.1) is 0 Å². The molecule has 1 amide bonds. The molecule has 0 aliphatic heterocycles. The van der Waals surface area contributed by atoms with E-state index in [9.17, 15) is 18.0 Å². The van der Waals surface area contributed by atoms with Gasteiger partial charge in [0.1, 0.15) is 9.84 Å². The van der Waals surface area contributed by atoms with Crippen molar-refractivity contribution in [3.05, 3.63) is 0 Å². The van der Waals surface area contributed by atoms with Crippen LogP contribution >= 0.6 is 0 Å². The van der Waals surface area contributed by atoms with Gasteiger partial charge < -0.3 is 10.4 Å². The van der Waals surface area contributed by atoms with Crippen LogP contribution in [-0.4, -0.2) is 44.0 Å². The molecule has 0 aliphatic carbocycles. The summed E-state index contributed by atoms with van der Waals surface area (Å²) in [5.41, 5.74) is 0. The first-order valence-corrected chi connectivity index (χ1v) is 6.03. The van der Waals surface area contributed by atoms with Crippen LogP contribution in [0.2, 0.25) is 0 Å². The fraction of sp³-hybridized carbons (Fsp3) is 0.714. The lowest BCUT2D eigenvalue weighted by molar-refractivity contribution is -0.138. The lowest BCUT2D eigenvalue weighted by Gasteiger charge is -2.02. The number of aliphatic carboxylic acids is 1. The van der Waals surface area contributed by atoms with Crippen LogP contribution in [0.3, 0.4) is 0 Å². The Hall–Kier alpha value is -1.11. The Balaban J connectivity index is 3.60. The SMILES string of the molecule is CS(=O)(=O)CCNC(=O)CCC(=O)O. The van der Waals surface area contributed by atoms with Crippen molar-refractivity contribution in [1.29, 1.82) is 0 Å². The average molecular weight is 223 g/mol. The van der Waals surface area contributed by atoms with E-state index >= 15 is 0 Å². The number of carbonyl (C=O) groups excluding carboxylic acids is 1. The molecular formula is C7H13NO5S.